The van der Waals surface area contributed by atoms with Crippen LogP contribution in [-0.4, -0.2) is 90.1 Å². The van der Waals surface area contributed by atoms with Gasteiger partial charge >= 0.3 is 0 Å². The summed E-state index contributed by atoms with van der Waals surface area (Å²) < 4.78 is 23.2. The lowest BCUT2D eigenvalue weighted by molar-refractivity contribution is -0.450. The van der Waals surface area contributed by atoms with Gasteiger partial charge in [-0.15, -0.1) is 0 Å². The number of benzene rings is 1. The number of hydrogen-bond donors (Lipinski definition) is 5. The lowest BCUT2D eigenvalue weighted by Gasteiger charge is -2.58. The number of likely N-dealkylation sites (N-methyl/N-ethyl adjacent to an activating group) is 1. The van der Waals surface area contributed by atoms with Crippen molar-refractivity contribution in [2.75, 3.05) is 14.2 Å². The molecule has 10 heteroatoms. The van der Waals surface area contributed by atoms with E-state index < -0.39 is 54.5 Å². The van der Waals surface area contributed by atoms with Gasteiger partial charge in [-0.25, -0.2) is 0 Å². The molecule has 2 heterocycles. The van der Waals surface area contributed by atoms with E-state index in [1.807, 2.05) is 13.8 Å². The molecule has 0 bridgehead atoms. The van der Waals surface area contributed by atoms with Crippen molar-refractivity contribution in [3.05, 3.63) is 29.8 Å². The summed E-state index contributed by atoms with van der Waals surface area (Å²) in [6, 6.07) is 5.77. The van der Waals surface area contributed by atoms with E-state index in [1.54, 1.807) is 38.4 Å². The zero-order valence-electron chi connectivity index (χ0n) is 20.0. The third kappa shape index (κ3) is 4.56. The average molecular weight is 481 g/mol. The van der Waals surface area contributed by atoms with E-state index in [4.69, 9.17) is 18.9 Å². The topological polar surface area (TPSA) is 139 Å². The SMILES string of the molecule is CC[C@@H]1[C@H](O)[C@H](NC)C2O[C@]3(O)C(OC2[C@H]1O)O[C@H](C)C[C@H]3NC(=O)Cc1ccc(OC)cc1. The Hall–Kier alpha value is -1.79. The van der Waals surface area contributed by atoms with Gasteiger partial charge in [-0.3, -0.25) is 4.79 Å². The van der Waals surface area contributed by atoms with Gasteiger partial charge in [0.15, 0.2) is 0 Å². The van der Waals surface area contributed by atoms with Gasteiger partial charge in [0.2, 0.25) is 18.0 Å². The van der Waals surface area contributed by atoms with Crippen LogP contribution in [0.3, 0.4) is 0 Å². The van der Waals surface area contributed by atoms with Gasteiger partial charge in [0.25, 0.3) is 0 Å². The van der Waals surface area contributed by atoms with Gasteiger partial charge in [-0.2, -0.15) is 0 Å². The maximum atomic E-state index is 12.9. The van der Waals surface area contributed by atoms with Crippen LogP contribution in [0.5, 0.6) is 5.75 Å². The Morgan fingerprint density at radius 1 is 1.18 bits per heavy atom. The number of fused-ring (bicyclic) bond motifs is 2. The molecule has 10 atom stereocenters. The van der Waals surface area contributed by atoms with Crippen LogP contribution < -0.4 is 15.4 Å². The molecule has 1 aromatic rings. The van der Waals surface area contributed by atoms with Crippen molar-refractivity contribution in [1.82, 2.24) is 10.6 Å². The Morgan fingerprint density at radius 2 is 1.88 bits per heavy atom. The molecule has 3 aliphatic rings. The molecule has 0 aromatic heterocycles. The third-order valence-corrected chi connectivity index (χ3v) is 7.29. The molecular formula is C24H36N2O8. The van der Waals surface area contributed by atoms with Crippen molar-refractivity contribution in [3.8, 4) is 5.75 Å². The molecule has 1 aliphatic carbocycles. The largest absolute Gasteiger partial charge is 0.497 e. The van der Waals surface area contributed by atoms with Gasteiger partial charge in [0.1, 0.15) is 18.0 Å². The van der Waals surface area contributed by atoms with Crippen molar-refractivity contribution in [2.45, 2.75) is 87.8 Å². The quantitative estimate of drug-likeness (QED) is 0.371. The Bertz CT molecular complexity index is 854. The number of carbonyl (C=O) groups excluding carboxylic acids is 1. The Balaban J connectivity index is 1.53. The fourth-order valence-electron chi connectivity index (χ4n) is 5.41. The second-order valence-corrected chi connectivity index (χ2v) is 9.46. The van der Waals surface area contributed by atoms with Crippen molar-refractivity contribution < 1.29 is 39.1 Å². The van der Waals surface area contributed by atoms with Crippen LogP contribution in [0.15, 0.2) is 24.3 Å². The molecule has 2 saturated heterocycles. The van der Waals surface area contributed by atoms with E-state index in [-0.39, 0.29) is 18.4 Å². The molecule has 3 unspecified atom stereocenters. The zero-order valence-corrected chi connectivity index (χ0v) is 20.0. The van der Waals surface area contributed by atoms with Crippen LogP contribution in [0.4, 0.5) is 0 Å². The second-order valence-electron chi connectivity index (χ2n) is 9.46. The number of carbonyl (C=O) groups is 1. The summed E-state index contributed by atoms with van der Waals surface area (Å²) in [7, 11) is 3.26. The molecule has 34 heavy (non-hydrogen) atoms. The summed E-state index contributed by atoms with van der Waals surface area (Å²) in [5.41, 5.74) is 0.794. The number of nitrogens with one attached hydrogen (secondary N) is 2. The molecule has 4 rings (SSSR count). The lowest BCUT2D eigenvalue weighted by Crippen LogP contribution is -2.77. The summed E-state index contributed by atoms with van der Waals surface area (Å²) in [6.07, 6.45) is -4.14. The van der Waals surface area contributed by atoms with Crippen molar-refractivity contribution >= 4 is 5.91 Å². The highest BCUT2D eigenvalue weighted by molar-refractivity contribution is 5.79. The molecule has 3 fully saturated rings. The molecular weight excluding hydrogens is 444 g/mol. The normalized spacial score (nSPS) is 41.8. The van der Waals surface area contributed by atoms with Crippen LogP contribution in [0.1, 0.15) is 32.3 Å². The van der Waals surface area contributed by atoms with Crippen molar-refractivity contribution in [1.29, 1.82) is 0 Å². The predicted molar refractivity (Wildman–Crippen MR) is 121 cm³/mol. The summed E-state index contributed by atoms with van der Waals surface area (Å²) >= 11 is 0. The van der Waals surface area contributed by atoms with E-state index in [1.165, 1.54) is 0 Å². The molecule has 0 radical (unpaired) electrons. The van der Waals surface area contributed by atoms with Crippen molar-refractivity contribution in [2.24, 2.45) is 5.92 Å². The Morgan fingerprint density at radius 3 is 2.50 bits per heavy atom. The fraction of sp³-hybridized carbons (Fsp3) is 0.708. The van der Waals surface area contributed by atoms with Crippen LogP contribution in [-0.2, 0) is 25.4 Å². The Labute approximate surface area is 199 Å². The van der Waals surface area contributed by atoms with Gasteiger partial charge in [-0.1, -0.05) is 19.1 Å². The first-order valence-electron chi connectivity index (χ1n) is 11.9. The molecule has 10 nitrogen and oxygen atoms in total. The minimum Gasteiger partial charge on any atom is -0.497 e. The maximum absolute atomic E-state index is 12.9. The lowest BCUT2D eigenvalue weighted by atomic mass is 9.74. The van der Waals surface area contributed by atoms with E-state index >= 15 is 0 Å². The zero-order chi connectivity index (χ0) is 24.6. The van der Waals surface area contributed by atoms with Crippen LogP contribution in [0, 0.1) is 5.92 Å². The van der Waals surface area contributed by atoms with Gasteiger partial charge in [-0.05, 0) is 44.5 Å². The molecule has 1 saturated carbocycles. The monoisotopic (exact) mass is 480 g/mol. The highest BCUT2D eigenvalue weighted by Crippen LogP contribution is 2.43. The highest BCUT2D eigenvalue weighted by Gasteiger charge is 2.63. The van der Waals surface area contributed by atoms with E-state index in [0.29, 0.717) is 18.6 Å². The Kier molecular flexibility index (Phi) is 7.49. The fourth-order valence-corrected chi connectivity index (χ4v) is 5.41. The molecule has 1 aromatic carbocycles. The highest BCUT2D eigenvalue weighted by atomic mass is 16.8. The summed E-state index contributed by atoms with van der Waals surface area (Å²) in [6.45, 7) is 3.71. The number of amides is 1. The number of ether oxygens (including phenoxy) is 4. The first-order chi connectivity index (χ1) is 16.2. The maximum Gasteiger partial charge on any atom is 0.239 e. The molecule has 5 N–H and O–H groups in total. The van der Waals surface area contributed by atoms with Crippen molar-refractivity contribution in [3.63, 3.8) is 0 Å². The van der Waals surface area contributed by atoms with Crippen LogP contribution >= 0.6 is 0 Å². The summed E-state index contributed by atoms with van der Waals surface area (Å²) in [4.78, 5) is 12.9. The minimum absolute atomic E-state index is 0.109. The minimum atomic E-state index is -1.99. The van der Waals surface area contributed by atoms with Crippen LogP contribution in [0.2, 0.25) is 0 Å². The number of aliphatic hydroxyl groups excluding tert-OH is 2. The van der Waals surface area contributed by atoms with E-state index in [0.717, 1.165) is 5.56 Å². The number of rotatable bonds is 6. The number of hydrogen-bond acceptors (Lipinski definition) is 9. The smallest absolute Gasteiger partial charge is 0.239 e. The molecule has 190 valence electrons. The van der Waals surface area contributed by atoms with Gasteiger partial charge in [0, 0.05) is 5.92 Å². The standard InChI is InChI=1S/C24H36N2O8/c1-5-15-19(28)18(25-3)21-22(20(15)29)33-23-24(30,34-21)16(10-12(2)32-23)26-17(27)11-13-6-8-14(31-4)9-7-13/h6-9,12,15-16,18-23,25,28-30H,5,10-11H2,1-4H3,(H,26,27)/t12-,15-,16-,18+,19+,20+,21?,22?,23?,24+/m1/s1. The number of aliphatic hydroxyl groups is 3. The molecule has 0 spiro atoms. The molecule has 2 aliphatic heterocycles. The van der Waals surface area contributed by atoms with E-state index in [9.17, 15) is 20.1 Å². The predicted octanol–water partition coefficient (Wildman–Crippen LogP) is -0.320. The van der Waals surface area contributed by atoms with Crippen LogP contribution in [0.25, 0.3) is 0 Å². The van der Waals surface area contributed by atoms with E-state index in [2.05, 4.69) is 10.6 Å². The third-order valence-electron chi connectivity index (χ3n) is 7.29. The first kappa shape index (κ1) is 25.3. The van der Waals surface area contributed by atoms with Gasteiger partial charge in [0.05, 0.1) is 43.9 Å². The first-order valence-corrected chi connectivity index (χ1v) is 11.9. The summed E-state index contributed by atoms with van der Waals surface area (Å²) in [5.74, 6) is -2.00. The average Bonchev–Trinajstić information content (AvgIpc) is 2.80. The second kappa shape index (κ2) is 10.1. The number of methoxy groups -OCH3 is 1. The van der Waals surface area contributed by atoms with Gasteiger partial charge < -0.3 is 44.9 Å². The summed E-state index contributed by atoms with van der Waals surface area (Å²) in [5, 5.41) is 39.2. The molecule has 1 amide bonds.